The summed E-state index contributed by atoms with van der Waals surface area (Å²) in [6.45, 7) is 2.47. The zero-order valence-electron chi connectivity index (χ0n) is 12.1. The van der Waals surface area contributed by atoms with Crippen molar-refractivity contribution in [3.05, 3.63) is 28.3 Å². The van der Waals surface area contributed by atoms with Crippen molar-refractivity contribution in [2.45, 2.75) is 37.1 Å². The Kier molecular flexibility index (Phi) is 4.48. The van der Waals surface area contributed by atoms with E-state index in [1.54, 1.807) is 7.05 Å². The Morgan fingerprint density at radius 3 is 2.76 bits per heavy atom. The van der Waals surface area contributed by atoms with E-state index in [1.807, 2.05) is 6.92 Å². The van der Waals surface area contributed by atoms with E-state index in [2.05, 4.69) is 5.32 Å². The molecule has 1 aromatic rings. The van der Waals surface area contributed by atoms with Crippen LogP contribution in [-0.2, 0) is 10.0 Å². The molecule has 1 unspecified atom stereocenters. The van der Waals surface area contributed by atoms with Crippen molar-refractivity contribution in [1.82, 2.24) is 4.31 Å². The van der Waals surface area contributed by atoms with E-state index in [4.69, 9.17) is 0 Å². The van der Waals surface area contributed by atoms with Gasteiger partial charge in [0.15, 0.2) is 0 Å². The number of nitro groups is 1. The fraction of sp³-hybridized carbons (Fsp3) is 0.538. The van der Waals surface area contributed by atoms with E-state index in [-0.39, 0.29) is 22.3 Å². The quantitative estimate of drug-likeness (QED) is 0.664. The second-order valence-electron chi connectivity index (χ2n) is 5.01. The molecule has 0 amide bonds. The van der Waals surface area contributed by atoms with E-state index in [0.717, 1.165) is 19.3 Å². The van der Waals surface area contributed by atoms with Crippen molar-refractivity contribution in [2.75, 3.05) is 18.9 Å². The summed E-state index contributed by atoms with van der Waals surface area (Å²) in [4.78, 5) is 10.4. The van der Waals surface area contributed by atoms with E-state index < -0.39 is 14.9 Å². The molecule has 1 saturated heterocycles. The molecule has 0 bridgehead atoms. The topological polar surface area (TPSA) is 92.5 Å². The Bertz CT molecular complexity index is 645. The van der Waals surface area contributed by atoms with Crippen LogP contribution in [0, 0.1) is 10.1 Å². The second kappa shape index (κ2) is 5.98. The zero-order valence-corrected chi connectivity index (χ0v) is 12.9. The molecule has 0 aliphatic carbocycles. The molecule has 0 aromatic heterocycles. The van der Waals surface area contributed by atoms with Crippen LogP contribution in [0.5, 0.6) is 0 Å². The molecule has 116 valence electrons. The van der Waals surface area contributed by atoms with Crippen molar-refractivity contribution in [3.63, 3.8) is 0 Å². The summed E-state index contributed by atoms with van der Waals surface area (Å²) in [5.74, 6) is 0. The number of sulfonamides is 1. The molecule has 1 fully saturated rings. The van der Waals surface area contributed by atoms with Crippen molar-refractivity contribution >= 4 is 21.4 Å². The first-order chi connectivity index (χ1) is 9.91. The molecule has 1 atom stereocenters. The zero-order chi connectivity index (χ0) is 15.6. The number of hydrogen-bond donors (Lipinski definition) is 1. The number of anilines is 1. The molecule has 1 N–H and O–H groups in total. The van der Waals surface area contributed by atoms with E-state index >= 15 is 0 Å². The maximum Gasteiger partial charge on any atom is 0.271 e. The largest absolute Gasteiger partial charge is 0.387 e. The van der Waals surface area contributed by atoms with Crippen molar-refractivity contribution in [1.29, 1.82) is 0 Å². The highest BCUT2D eigenvalue weighted by atomic mass is 32.2. The normalized spacial score (nSPS) is 19.6. The van der Waals surface area contributed by atoms with Crippen molar-refractivity contribution in [3.8, 4) is 0 Å². The van der Waals surface area contributed by atoms with Gasteiger partial charge in [-0.15, -0.1) is 0 Å². The molecule has 2 rings (SSSR count). The van der Waals surface area contributed by atoms with Crippen LogP contribution < -0.4 is 5.32 Å². The summed E-state index contributed by atoms with van der Waals surface area (Å²) < 4.78 is 27.1. The molecule has 21 heavy (non-hydrogen) atoms. The molecule has 7 nitrogen and oxygen atoms in total. The highest BCUT2D eigenvalue weighted by molar-refractivity contribution is 7.89. The van der Waals surface area contributed by atoms with Crippen LogP contribution >= 0.6 is 0 Å². The molecule has 8 heteroatoms. The first kappa shape index (κ1) is 15.7. The Hall–Kier alpha value is -1.67. The van der Waals surface area contributed by atoms with Gasteiger partial charge in [0.05, 0.1) is 10.6 Å². The van der Waals surface area contributed by atoms with Crippen LogP contribution in [0.3, 0.4) is 0 Å². The van der Waals surface area contributed by atoms with Crippen LogP contribution in [0.15, 0.2) is 23.1 Å². The van der Waals surface area contributed by atoms with Gasteiger partial charge in [0.25, 0.3) is 5.69 Å². The predicted octanol–water partition coefficient (Wildman–Crippen LogP) is 2.20. The summed E-state index contributed by atoms with van der Waals surface area (Å²) in [5.41, 5.74) is 0.123. The summed E-state index contributed by atoms with van der Waals surface area (Å²) in [7, 11) is -2.08. The van der Waals surface area contributed by atoms with Crippen LogP contribution in [0.2, 0.25) is 0 Å². The molecule has 1 heterocycles. The standard InChI is InChI=1S/C13H19N3O4S/c1-3-10-5-4-8-15(10)21(19,20)13-7-6-11(16(17)18)9-12(13)14-2/h6-7,9-10,14H,3-5,8H2,1-2H3. The van der Waals surface area contributed by atoms with Crippen molar-refractivity contribution < 1.29 is 13.3 Å². The Labute approximate surface area is 124 Å². The molecule has 0 spiro atoms. The number of nitro benzene ring substituents is 1. The molecule has 0 radical (unpaired) electrons. The maximum absolute atomic E-state index is 12.8. The fourth-order valence-corrected chi connectivity index (χ4v) is 4.66. The first-order valence-corrected chi connectivity index (χ1v) is 8.33. The molecule has 0 saturated carbocycles. The number of hydrogen-bond acceptors (Lipinski definition) is 5. The SMILES string of the molecule is CCC1CCCN1S(=O)(=O)c1ccc([N+](=O)[O-])cc1NC. The molecular weight excluding hydrogens is 294 g/mol. The summed E-state index contributed by atoms with van der Waals surface area (Å²) in [5, 5.41) is 13.5. The van der Waals surface area contributed by atoms with Gasteiger partial charge < -0.3 is 5.32 Å². The number of nitrogens with one attached hydrogen (secondary N) is 1. The van der Waals surface area contributed by atoms with Crippen molar-refractivity contribution in [2.24, 2.45) is 0 Å². The van der Waals surface area contributed by atoms with Gasteiger partial charge >= 0.3 is 0 Å². The van der Waals surface area contributed by atoms with Crippen LogP contribution in [-0.4, -0.2) is 37.3 Å². The van der Waals surface area contributed by atoms with Gasteiger partial charge in [-0.2, -0.15) is 4.31 Å². The lowest BCUT2D eigenvalue weighted by atomic mass is 10.2. The maximum atomic E-state index is 12.8. The molecule has 1 aliphatic heterocycles. The summed E-state index contributed by atoms with van der Waals surface area (Å²) >= 11 is 0. The van der Waals surface area contributed by atoms with Gasteiger partial charge in [-0.25, -0.2) is 8.42 Å². The van der Waals surface area contributed by atoms with Gasteiger partial charge in [-0.3, -0.25) is 10.1 Å². The lowest BCUT2D eigenvalue weighted by Crippen LogP contribution is -2.35. The van der Waals surface area contributed by atoms with Gasteiger partial charge in [-0.1, -0.05) is 6.92 Å². The van der Waals surface area contributed by atoms with Gasteiger partial charge in [0.1, 0.15) is 4.90 Å². The smallest absolute Gasteiger partial charge is 0.271 e. The minimum Gasteiger partial charge on any atom is -0.387 e. The lowest BCUT2D eigenvalue weighted by molar-refractivity contribution is -0.384. The average Bonchev–Trinajstić information content (AvgIpc) is 2.95. The third-order valence-corrected chi connectivity index (χ3v) is 5.83. The van der Waals surface area contributed by atoms with E-state index in [9.17, 15) is 18.5 Å². The molecule has 1 aliphatic rings. The number of non-ortho nitro benzene ring substituents is 1. The van der Waals surface area contributed by atoms with Crippen LogP contribution in [0.1, 0.15) is 26.2 Å². The van der Waals surface area contributed by atoms with Gasteiger partial charge in [0.2, 0.25) is 10.0 Å². The number of nitrogens with zero attached hydrogens (tertiary/aromatic N) is 2. The van der Waals surface area contributed by atoms with E-state index in [1.165, 1.54) is 22.5 Å². The summed E-state index contributed by atoms with van der Waals surface area (Å²) in [6, 6.07) is 3.80. The summed E-state index contributed by atoms with van der Waals surface area (Å²) in [6.07, 6.45) is 2.47. The second-order valence-corrected chi connectivity index (χ2v) is 6.87. The number of benzene rings is 1. The Morgan fingerprint density at radius 1 is 1.48 bits per heavy atom. The van der Waals surface area contributed by atoms with Crippen LogP contribution in [0.4, 0.5) is 11.4 Å². The fourth-order valence-electron chi connectivity index (χ4n) is 2.71. The highest BCUT2D eigenvalue weighted by Gasteiger charge is 2.35. The lowest BCUT2D eigenvalue weighted by Gasteiger charge is -2.24. The minimum absolute atomic E-state index is 0.00916. The minimum atomic E-state index is -3.64. The Morgan fingerprint density at radius 2 is 2.19 bits per heavy atom. The Balaban J connectivity index is 2.47. The van der Waals surface area contributed by atoms with Crippen LogP contribution in [0.25, 0.3) is 0 Å². The first-order valence-electron chi connectivity index (χ1n) is 6.89. The third kappa shape index (κ3) is 2.86. The van der Waals surface area contributed by atoms with E-state index in [0.29, 0.717) is 6.54 Å². The van der Waals surface area contributed by atoms with Gasteiger partial charge in [-0.05, 0) is 25.3 Å². The highest BCUT2D eigenvalue weighted by Crippen LogP contribution is 2.33. The monoisotopic (exact) mass is 313 g/mol. The van der Waals surface area contributed by atoms with Gasteiger partial charge in [0, 0.05) is 31.8 Å². The number of rotatable bonds is 5. The predicted molar refractivity (Wildman–Crippen MR) is 79.8 cm³/mol. The third-order valence-electron chi connectivity index (χ3n) is 3.82. The molecular formula is C13H19N3O4S. The molecule has 1 aromatic carbocycles. The average molecular weight is 313 g/mol.